The van der Waals surface area contributed by atoms with Crippen LogP contribution in [0.25, 0.3) is 38.9 Å². The van der Waals surface area contributed by atoms with Crippen LogP contribution >= 0.6 is 0 Å². The van der Waals surface area contributed by atoms with Crippen LogP contribution in [0.3, 0.4) is 0 Å². The first-order valence-corrected chi connectivity index (χ1v) is 10.1. The Labute approximate surface area is 204 Å². The summed E-state index contributed by atoms with van der Waals surface area (Å²) in [7, 11) is 0. The topological polar surface area (TPSA) is 65.7 Å². The fourth-order valence-corrected chi connectivity index (χ4v) is 3.72. The van der Waals surface area contributed by atoms with Crippen LogP contribution in [-0.4, -0.2) is 24.5 Å². The summed E-state index contributed by atoms with van der Waals surface area (Å²) >= 11 is 0. The standard InChI is InChI=1S/C26H15N5O.Pt/c1-2-8-23-20(7-1)21-17-30-22(14-24(21)31(23)25-9-3-5-11-28-25)18-13-19(16-27-15-18)32-26-10-4-6-12-29-26;/h1-12,15-17H;/q-2;+2. The molecule has 6 rings (SSSR count). The first-order chi connectivity index (χ1) is 15.9. The fourth-order valence-electron chi connectivity index (χ4n) is 3.72. The van der Waals surface area contributed by atoms with Gasteiger partial charge in [-0.3, -0.25) is 0 Å². The van der Waals surface area contributed by atoms with Gasteiger partial charge in [0.2, 0.25) is 5.88 Å². The van der Waals surface area contributed by atoms with E-state index in [1.165, 1.54) is 0 Å². The quantitative estimate of drug-likeness (QED) is 0.250. The summed E-state index contributed by atoms with van der Waals surface area (Å²) in [6.07, 6.45) is 8.62. The minimum Gasteiger partial charge on any atom is -0.459 e. The molecule has 0 unspecified atom stereocenters. The van der Waals surface area contributed by atoms with Gasteiger partial charge >= 0.3 is 21.1 Å². The number of hydrogen-bond donors (Lipinski definition) is 0. The largest absolute Gasteiger partial charge is 2.00 e. The van der Waals surface area contributed by atoms with Crippen molar-refractivity contribution >= 4 is 21.8 Å². The zero-order valence-electron chi connectivity index (χ0n) is 17.1. The summed E-state index contributed by atoms with van der Waals surface area (Å²) < 4.78 is 7.88. The molecule has 0 saturated carbocycles. The van der Waals surface area contributed by atoms with Gasteiger partial charge in [-0.25, -0.2) is 15.5 Å². The van der Waals surface area contributed by atoms with E-state index in [0.717, 1.165) is 27.6 Å². The van der Waals surface area contributed by atoms with Crippen molar-refractivity contribution < 1.29 is 25.8 Å². The van der Waals surface area contributed by atoms with Crippen LogP contribution in [0, 0.1) is 12.1 Å². The summed E-state index contributed by atoms with van der Waals surface area (Å²) in [6, 6.07) is 26.2. The number of pyridine rings is 4. The van der Waals surface area contributed by atoms with Gasteiger partial charge in [0, 0.05) is 24.0 Å². The number of para-hydroxylation sites is 1. The Bertz CT molecular complexity index is 1550. The van der Waals surface area contributed by atoms with Crippen LogP contribution in [0.4, 0.5) is 0 Å². The van der Waals surface area contributed by atoms with Crippen LogP contribution in [0.2, 0.25) is 0 Å². The van der Waals surface area contributed by atoms with Gasteiger partial charge in [-0.05, 0) is 42.0 Å². The van der Waals surface area contributed by atoms with Gasteiger partial charge < -0.3 is 19.3 Å². The zero-order valence-corrected chi connectivity index (χ0v) is 19.4. The maximum Gasteiger partial charge on any atom is 2.00 e. The van der Waals surface area contributed by atoms with Crippen molar-refractivity contribution in [1.82, 2.24) is 24.5 Å². The SMILES string of the molecule is [Pt+2].[c-]1c(Oc2ccccn2)cncc1-c1[c-]c2c(cn1)c1ccccc1n2-c1ccccn1. The molecule has 1 aromatic carbocycles. The molecule has 6 nitrogen and oxygen atoms in total. The second-order valence-electron chi connectivity index (χ2n) is 7.11. The number of fused-ring (bicyclic) bond motifs is 3. The number of hydrogen-bond acceptors (Lipinski definition) is 5. The predicted molar refractivity (Wildman–Crippen MR) is 122 cm³/mol. The molecule has 5 aromatic heterocycles. The molecule has 0 fully saturated rings. The molecule has 160 valence electrons. The maximum absolute atomic E-state index is 5.78. The number of benzene rings is 1. The summed E-state index contributed by atoms with van der Waals surface area (Å²) in [4.78, 5) is 17.7. The number of nitrogens with zero attached hydrogens (tertiary/aromatic N) is 5. The third-order valence-electron chi connectivity index (χ3n) is 5.11. The second-order valence-corrected chi connectivity index (χ2v) is 7.11. The molecule has 0 bridgehead atoms. The molecular weight excluding hydrogens is 593 g/mol. The Morgan fingerprint density at radius 1 is 0.727 bits per heavy atom. The molecule has 0 spiro atoms. The first-order valence-electron chi connectivity index (χ1n) is 10.1. The second kappa shape index (κ2) is 8.92. The molecular formula is C26H15N5OPt. The number of ether oxygens (including phenoxy) is 1. The van der Waals surface area contributed by atoms with Gasteiger partial charge in [-0.15, -0.1) is 11.9 Å². The van der Waals surface area contributed by atoms with Gasteiger partial charge in [0.05, 0.1) is 5.75 Å². The molecule has 0 radical (unpaired) electrons. The Hall–Kier alpha value is -3.89. The molecule has 7 heteroatoms. The van der Waals surface area contributed by atoms with E-state index in [1.54, 1.807) is 30.9 Å². The number of aromatic nitrogens is 5. The van der Waals surface area contributed by atoms with Crippen molar-refractivity contribution in [2.24, 2.45) is 0 Å². The summed E-state index contributed by atoms with van der Waals surface area (Å²) in [5.41, 5.74) is 3.24. The summed E-state index contributed by atoms with van der Waals surface area (Å²) in [5, 5.41) is 2.10. The van der Waals surface area contributed by atoms with Gasteiger partial charge in [0.25, 0.3) is 0 Å². The molecule has 0 aliphatic rings. The monoisotopic (exact) mass is 608 g/mol. The van der Waals surface area contributed by atoms with Crippen LogP contribution in [0.15, 0.2) is 91.6 Å². The van der Waals surface area contributed by atoms with Gasteiger partial charge in [0.15, 0.2) is 0 Å². The Kier molecular flexibility index (Phi) is 5.67. The van der Waals surface area contributed by atoms with Gasteiger partial charge in [-0.2, -0.15) is 12.1 Å². The molecule has 0 amide bonds. The van der Waals surface area contributed by atoms with Gasteiger partial charge in [-0.1, -0.05) is 41.2 Å². The van der Waals surface area contributed by atoms with Crippen molar-refractivity contribution in [3.63, 3.8) is 0 Å². The van der Waals surface area contributed by atoms with E-state index in [0.29, 0.717) is 22.9 Å². The van der Waals surface area contributed by atoms with E-state index >= 15 is 0 Å². The average molecular weight is 609 g/mol. The Balaban J connectivity index is 0.00000228. The smallest absolute Gasteiger partial charge is 0.459 e. The van der Waals surface area contributed by atoms with E-state index in [2.05, 4.69) is 48.8 Å². The van der Waals surface area contributed by atoms with E-state index in [-0.39, 0.29) is 21.1 Å². The van der Waals surface area contributed by atoms with Crippen LogP contribution in [0.1, 0.15) is 0 Å². The number of rotatable bonds is 4. The molecule has 6 aromatic rings. The molecule has 0 atom stereocenters. The molecule has 0 aliphatic carbocycles. The molecule has 5 heterocycles. The maximum atomic E-state index is 5.78. The van der Waals surface area contributed by atoms with E-state index < -0.39 is 0 Å². The average Bonchev–Trinajstić information content (AvgIpc) is 3.19. The predicted octanol–water partition coefficient (Wildman–Crippen LogP) is 5.42. The molecule has 0 saturated heterocycles. The van der Waals surface area contributed by atoms with Crippen molar-refractivity contribution in [2.45, 2.75) is 0 Å². The Morgan fingerprint density at radius 2 is 1.55 bits per heavy atom. The van der Waals surface area contributed by atoms with E-state index in [1.807, 2.05) is 48.7 Å². The minimum absolute atomic E-state index is 0. The van der Waals surface area contributed by atoms with Crippen molar-refractivity contribution in [2.75, 3.05) is 0 Å². The fraction of sp³-hybridized carbons (Fsp3) is 0. The van der Waals surface area contributed by atoms with E-state index in [4.69, 9.17) is 4.74 Å². The third kappa shape index (κ3) is 3.90. The Morgan fingerprint density at radius 3 is 2.36 bits per heavy atom. The normalized spacial score (nSPS) is 10.8. The minimum atomic E-state index is 0. The molecule has 33 heavy (non-hydrogen) atoms. The van der Waals surface area contributed by atoms with Crippen molar-refractivity contribution in [1.29, 1.82) is 0 Å². The van der Waals surface area contributed by atoms with Gasteiger partial charge in [0.1, 0.15) is 5.82 Å². The summed E-state index contributed by atoms with van der Waals surface area (Å²) in [6.45, 7) is 0. The van der Waals surface area contributed by atoms with Crippen molar-refractivity contribution in [3.05, 3.63) is 104 Å². The van der Waals surface area contributed by atoms with Crippen LogP contribution < -0.4 is 4.74 Å². The zero-order chi connectivity index (χ0) is 21.3. The summed E-state index contributed by atoms with van der Waals surface area (Å²) in [5.74, 6) is 1.76. The van der Waals surface area contributed by atoms with E-state index in [9.17, 15) is 0 Å². The first kappa shape index (κ1) is 21.0. The van der Waals surface area contributed by atoms with Crippen molar-refractivity contribution in [3.8, 4) is 28.7 Å². The molecule has 0 N–H and O–H groups in total. The van der Waals surface area contributed by atoms with Crippen LogP contribution in [-0.2, 0) is 21.1 Å². The van der Waals surface area contributed by atoms with Crippen LogP contribution in [0.5, 0.6) is 11.6 Å². The third-order valence-corrected chi connectivity index (χ3v) is 5.11. The molecule has 0 aliphatic heterocycles.